The zero-order valence-electron chi connectivity index (χ0n) is 11.3. The van der Waals surface area contributed by atoms with Gasteiger partial charge < -0.3 is 15.3 Å². The Kier molecular flexibility index (Phi) is 4.97. The molecule has 2 unspecified atom stereocenters. The summed E-state index contributed by atoms with van der Waals surface area (Å²) in [5, 5.41) is 12.2. The third-order valence-electron chi connectivity index (χ3n) is 4.02. The van der Waals surface area contributed by atoms with Crippen molar-refractivity contribution in [1.82, 2.24) is 15.1 Å². The molecule has 5 nitrogen and oxygen atoms in total. The van der Waals surface area contributed by atoms with Crippen LogP contribution >= 0.6 is 0 Å². The first-order valence-electron chi connectivity index (χ1n) is 7.03. The predicted octanol–water partition coefficient (Wildman–Crippen LogP) is -0.631. The molecule has 0 aliphatic carbocycles. The van der Waals surface area contributed by atoms with Crippen LogP contribution in [0.2, 0.25) is 0 Å². The molecule has 2 saturated heterocycles. The van der Waals surface area contributed by atoms with Crippen LogP contribution in [0.4, 0.5) is 0 Å². The number of aliphatic hydroxyl groups is 1. The van der Waals surface area contributed by atoms with Gasteiger partial charge in [0, 0.05) is 39.3 Å². The lowest BCUT2D eigenvalue weighted by molar-refractivity contribution is -0.138. The normalized spacial score (nSPS) is 30.4. The Labute approximate surface area is 109 Å². The van der Waals surface area contributed by atoms with Gasteiger partial charge in [0.05, 0.1) is 12.5 Å². The Morgan fingerprint density at radius 2 is 2.00 bits per heavy atom. The van der Waals surface area contributed by atoms with Crippen molar-refractivity contribution in [3.8, 4) is 0 Å². The zero-order valence-corrected chi connectivity index (χ0v) is 11.3. The van der Waals surface area contributed by atoms with Crippen molar-refractivity contribution in [2.45, 2.75) is 13.3 Å². The van der Waals surface area contributed by atoms with Gasteiger partial charge in [-0.3, -0.25) is 9.69 Å². The van der Waals surface area contributed by atoms with Gasteiger partial charge in [-0.15, -0.1) is 0 Å². The summed E-state index contributed by atoms with van der Waals surface area (Å²) >= 11 is 0. The first-order valence-corrected chi connectivity index (χ1v) is 7.03. The van der Waals surface area contributed by atoms with Gasteiger partial charge in [0.2, 0.25) is 5.91 Å². The van der Waals surface area contributed by atoms with Gasteiger partial charge in [0.25, 0.3) is 0 Å². The molecule has 2 aliphatic rings. The van der Waals surface area contributed by atoms with Crippen LogP contribution in [0, 0.1) is 11.8 Å². The Morgan fingerprint density at radius 3 is 2.61 bits per heavy atom. The lowest BCUT2D eigenvalue weighted by Crippen LogP contribution is -2.53. The monoisotopic (exact) mass is 255 g/mol. The van der Waals surface area contributed by atoms with E-state index in [-0.39, 0.29) is 12.5 Å². The molecule has 0 radical (unpaired) electrons. The van der Waals surface area contributed by atoms with Crippen molar-refractivity contribution < 1.29 is 9.90 Å². The molecular formula is C13H25N3O2. The average molecular weight is 255 g/mol. The number of amides is 1. The van der Waals surface area contributed by atoms with E-state index < -0.39 is 0 Å². The second-order valence-corrected chi connectivity index (χ2v) is 5.59. The van der Waals surface area contributed by atoms with E-state index in [0.717, 1.165) is 52.2 Å². The van der Waals surface area contributed by atoms with Crippen molar-refractivity contribution >= 4 is 5.91 Å². The number of nitrogens with zero attached hydrogens (tertiary/aromatic N) is 2. The van der Waals surface area contributed by atoms with Gasteiger partial charge in [-0.1, -0.05) is 6.92 Å². The number of carbonyl (C=O) groups is 1. The molecule has 2 atom stereocenters. The van der Waals surface area contributed by atoms with E-state index in [9.17, 15) is 4.79 Å². The van der Waals surface area contributed by atoms with Crippen LogP contribution in [0.15, 0.2) is 0 Å². The lowest BCUT2D eigenvalue weighted by atomic mass is 9.90. The zero-order chi connectivity index (χ0) is 13.0. The van der Waals surface area contributed by atoms with Crippen LogP contribution in [0.5, 0.6) is 0 Å². The quantitative estimate of drug-likeness (QED) is 0.705. The Balaban J connectivity index is 1.80. The number of aliphatic hydroxyl groups excluding tert-OH is 1. The summed E-state index contributed by atoms with van der Waals surface area (Å²) in [7, 11) is 0. The molecular weight excluding hydrogens is 230 g/mol. The van der Waals surface area contributed by atoms with Crippen LogP contribution in [0.25, 0.3) is 0 Å². The number of β-amino-alcohol motifs (C(OH)–C–C–N with tert-alkyl or cyclic N) is 1. The van der Waals surface area contributed by atoms with Crippen LogP contribution < -0.4 is 5.32 Å². The second-order valence-electron chi connectivity index (χ2n) is 5.59. The largest absolute Gasteiger partial charge is 0.395 e. The molecule has 2 fully saturated rings. The second kappa shape index (κ2) is 6.50. The first kappa shape index (κ1) is 13.8. The number of hydrogen-bond acceptors (Lipinski definition) is 4. The summed E-state index contributed by atoms with van der Waals surface area (Å²) in [6.45, 7) is 8.40. The molecule has 2 heterocycles. The van der Waals surface area contributed by atoms with Crippen LogP contribution in [0.1, 0.15) is 13.3 Å². The van der Waals surface area contributed by atoms with Crippen LogP contribution in [-0.4, -0.2) is 73.2 Å². The summed E-state index contributed by atoms with van der Waals surface area (Å²) in [6, 6.07) is 0. The number of carbonyl (C=O) groups excluding carboxylic acids is 1. The highest BCUT2D eigenvalue weighted by molar-refractivity contribution is 5.79. The minimum atomic E-state index is 0.165. The molecule has 0 aromatic carbocycles. The van der Waals surface area contributed by atoms with E-state index >= 15 is 0 Å². The third kappa shape index (κ3) is 3.43. The van der Waals surface area contributed by atoms with Crippen molar-refractivity contribution in [2.75, 3.05) is 52.4 Å². The molecule has 18 heavy (non-hydrogen) atoms. The Hall–Kier alpha value is -0.650. The summed E-state index contributed by atoms with van der Waals surface area (Å²) in [5.41, 5.74) is 0. The van der Waals surface area contributed by atoms with Crippen LogP contribution in [-0.2, 0) is 4.79 Å². The SMILES string of the molecule is CC1CNCC(C(=O)N2CCN(CCO)CC2)C1. The predicted molar refractivity (Wildman–Crippen MR) is 70.2 cm³/mol. The van der Waals surface area contributed by atoms with Gasteiger partial charge in [0.15, 0.2) is 0 Å². The summed E-state index contributed by atoms with van der Waals surface area (Å²) in [4.78, 5) is 16.6. The van der Waals surface area contributed by atoms with Gasteiger partial charge in [-0.05, 0) is 18.9 Å². The summed E-state index contributed by atoms with van der Waals surface area (Å²) < 4.78 is 0. The molecule has 0 saturated carbocycles. The number of rotatable bonds is 3. The maximum atomic E-state index is 12.4. The van der Waals surface area contributed by atoms with Crippen LogP contribution in [0.3, 0.4) is 0 Å². The molecule has 0 aromatic heterocycles. The number of hydrogen-bond donors (Lipinski definition) is 2. The van der Waals surface area contributed by atoms with Gasteiger partial charge in [0.1, 0.15) is 0 Å². The highest BCUT2D eigenvalue weighted by atomic mass is 16.3. The van der Waals surface area contributed by atoms with E-state index in [2.05, 4.69) is 17.1 Å². The molecule has 0 spiro atoms. The van der Waals surface area contributed by atoms with Crippen molar-refractivity contribution in [1.29, 1.82) is 0 Å². The fourth-order valence-corrected chi connectivity index (χ4v) is 2.94. The molecule has 2 aliphatic heterocycles. The van der Waals surface area contributed by atoms with Gasteiger partial charge in [-0.2, -0.15) is 0 Å². The summed E-state index contributed by atoms with van der Waals surface area (Å²) in [5.74, 6) is 1.08. The minimum absolute atomic E-state index is 0.165. The topological polar surface area (TPSA) is 55.8 Å². The maximum Gasteiger partial charge on any atom is 0.227 e. The van der Waals surface area contributed by atoms with Gasteiger partial charge in [-0.25, -0.2) is 0 Å². The first-order chi connectivity index (χ1) is 8.70. The highest BCUT2D eigenvalue weighted by Crippen LogP contribution is 2.18. The standard InChI is InChI=1S/C13H25N3O2/c1-11-8-12(10-14-9-11)13(18)16-4-2-15(3-5-16)6-7-17/h11-12,14,17H,2-10H2,1H3. The number of piperidine rings is 1. The molecule has 104 valence electrons. The molecule has 1 amide bonds. The van der Waals surface area contributed by atoms with Crippen molar-refractivity contribution in [3.63, 3.8) is 0 Å². The molecule has 0 bridgehead atoms. The molecule has 2 N–H and O–H groups in total. The highest BCUT2D eigenvalue weighted by Gasteiger charge is 2.30. The van der Waals surface area contributed by atoms with Crippen molar-refractivity contribution in [3.05, 3.63) is 0 Å². The molecule has 2 rings (SSSR count). The number of piperazine rings is 1. The van der Waals surface area contributed by atoms with E-state index in [1.54, 1.807) is 0 Å². The Bertz CT molecular complexity index is 277. The number of nitrogens with one attached hydrogen (secondary N) is 1. The van der Waals surface area contributed by atoms with E-state index in [0.29, 0.717) is 11.8 Å². The fourth-order valence-electron chi connectivity index (χ4n) is 2.94. The van der Waals surface area contributed by atoms with E-state index in [1.165, 1.54) is 0 Å². The van der Waals surface area contributed by atoms with E-state index in [4.69, 9.17) is 5.11 Å². The molecule has 5 heteroatoms. The van der Waals surface area contributed by atoms with Crippen molar-refractivity contribution in [2.24, 2.45) is 11.8 Å². The smallest absolute Gasteiger partial charge is 0.227 e. The maximum absolute atomic E-state index is 12.4. The Morgan fingerprint density at radius 1 is 1.28 bits per heavy atom. The van der Waals surface area contributed by atoms with Gasteiger partial charge >= 0.3 is 0 Å². The van der Waals surface area contributed by atoms with E-state index in [1.807, 2.05) is 4.90 Å². The molecule has 0 aromatic rings. The fraction of sp³-hybridized carbons (Fsp3) is 0.923. The summed E-state index contributed by atoms with van der Waals surface area (Å²) in [6.07, 6.45) is 1.02. The third-order valence-corrected chi connectivity index (χ3v) is 4.02. The lowest BCUT2D eigenvalue weighted by Gasteiger charge is -2.37. The minimum Gasteiger partial charge on any atom is -0.395 e. The average Bonchev–Trinajstić information content (AvgIpc) is 2.39.